The van der Waals surface area contributed by atoms with Gasteiger partial charge in [0.15, 0.2) is 11.5 Å². The molecule has 1 saturated heterocycles. The lowest BCUT2D eigenvalue weighted by atomic mass is 9.89. The van der Waals surface area contributed by atoms with E-state index in [9.17, 15) is 4.79 Å². The van der Waals surface area contributed by atoms with Crippen molar-refractivity contribution in [3.05, 3.63) is 83.4 Å². The summed E-state index contributed by atoms with van der Waals surface area (Å²) in [6, 6.07) is 14.1. The molecule has 0 spiro atoms. The van der Waals surface area contributed by atoms with Crippen molar-refractivity contribution in [2.24, 2.45) is 0 Å². The van der Waals surface area contributed by atoms with Crippen LogP contribution in [0.5, 0.6) is 0 Å². The second-order valence-electron chi connectivity index (χ2n) is 8.56. The van der Waals surface area contributed by atoms with E-state index in [-0.39, 0.29) is 5.56 Å². The number of aromatic nitrogens is 5. The first-order valence-electron chi connectivity index (χ1n) is 11.8. The van der Waals surface area contributed by atoms with Crippen LogP contribution in [0.4, 0.5) is 11.6 Å². The maximum Gasteiger partial charge on any atom is 0.278 e. The second-order valence-corrected chi connectivity index (χ2v) is 8.56. The molecule has 0 radical (unpaired) electrons. The van der Waals surface area contributed by atoms with Crippen LogP contribution in [0.3, 0.4) is 0 Å². The summed E-state index contributed by atoms with van der Waals surface area (Å²) in [4.78, 5) is 29.0. The van der Waals surface area contributed by atoms with Crippen LogP contribution in [0.2, 0.25) is 0 Å². The average molecular weight is 456 g/mol. The SMILES string of the molecule is C=CCn1c(=O)c2cnc(Nc3ccc(C4CCN(CC)CC4)cc3)nc2n1-c1ccccn1. The first-order valence-corrected chi connectivity index (χ1v) is 11.8. The van der Waals surface area contributed by atoms with Gasteiger partial charge in [0, 0.05) is 18.1 Å². The lowest BCUT2D eigenvalue weighted by molar-refractivity contribution is 0.222. The zero-order chi connectivity index (χ0) is 23.5. The smallest absolute Gasteiger partial charge is 0.278 e. The molecule has 1 N–H and O–H groups in total. The van der Waals surface area contributed by atoms with Crippen LogP contribution in [0, 0.1) is 0 Å². The van der Waals surface area contributed by atoms with E-state index < -0.39 is 0 Å². The fourth-order valence-corrected chi connectivity index (χ4v) is 4.64. The number of rotatable bonds is 7. The largest absolute Gasteiger partial charge is 0.324 e. The fourth-order valence-electron chi connectivity index (χ4n) is 4.64. The van der Waals surface area contributed by atoms with Gasteiger partial charge in [0.1, 0.15) is 5.39 Å². The van der Waals surface area contributed by atoms with Gasteiger partial charge in [-0.25, -0.2) is 19.3 Å². The third-order valence-electron chi connectivity index (χ3n) is 6.52. The molecule has 8 heteroatoms. The summed E-state index contributed by atoms with van der Waals surface area (Å²) in [5, 5.41) is 3.72. The number of anilines is 2. The van der Waals surface area contributed by atoms with E-state index >= 15 is 0 Å². The van der Waals surface area contributed by atoms with Crippen molar-refractivity contribution in [3.63, 3.8) is 0 Å². The highest BCUT2D eigenvalue weighted by Crippen LogP contribution is 2.29. The average Bonchev–Trinajstić information content (AvgIpc) is 3.16. The first-order chi connectivity index (χ1) is 16.7. The molecule has 1 fully saturated rings. The minimum atomic E-state index is -0.175. The van der Waals surface area contributed by atoms with E-state index in [2.05, 4.69) is 62.9 Å². The van der Waals surface area contributed by atoms with Crippen LogP contribution < -0.4 is 10.9 Å². The van der Waals surface area contributed by atoms with Gasteiger partial charge in [-0.1, -0.05) is 31.2 Å². The number of hydrogen-bond donors (Lipinski definition) is 1. The monoisotopic (exact) mass is 455 g/mol. The maximum absolute atomic E-state index is 13.0. The number of allylic oxidation sites excluding steroid dienone is 1. The van der Waals surface area contributed by atoms with Crippen LogP contribution in [0.25, 0.3) is 16.9 Å². The number of piperidine rings is 1. The zero-order valence-electron chi connectivity index (χ0n) is 19.4. The van der Waals surface area contributed by atoms with Crippen molar-refractivity contribution in [1.82, 2.24) is 29.2 Å². The van der Waals surface area contributed by atoms with Gasteiger partial charge in [-0.2, -0.15) is 4.98 Å². The number of nitrogens with zero attached hydrogens (tertiary/aromatic N) is 6. The quantitative estimate of drug-likeness (QED) is 0.423. The number of fused-ring (bicyclic) bond motifs is 1. The van der Waals surface area contributed by atoms with Crippen LogP contribution in [-0.4, -0.2) is 48.8 Å². The van der Waals surface area contributed by atoms with E-state index in [0.29, 0.717) is 35.3 Å². The summed E-state index contributed by atoms with van der Waals surface area (Å²) in [5.41, 5.74) is 2.61. The highest BCUT2D eigenvalue weighted by molar-refractivity contribution is 5.77. The van der Waals surface area contributed by atoms with Crippen molar-refractivity contribution in [1.29, 1.82) is 0 Å². The van der Waals surface area contributed by atoms with Crippen molar-refractivity contribution < 1.29 is 0 Å². The minimum absolute atomic E-state index is 0.175. The zero-order valence-corrected chi connectivity index (χ0v) is 19.4. The third-order valence-corrected chi connectivity index (χ3v) is 6.52. The van der Waals surface area contributed by atoms with E-state index in [1.807, 2.05) is 18.2 Å². The molecule has 34 heavy (non-hydrogen) atoms. The molecule has 0 amide bonds. The Kier molecular flexibility index (Phi) is 6.22. The minimum Gasteiger partial charge on any atom is -0.324 e. The van der Waals surface area contributed by atoms with Crippen molar-refractivity contribution in [2.45, 2.75) is 32.2 Å². The van der Waals surface area contributed by atoms with Gasteiger partial charge in [-0.3, -0.25) is 4.79 Å². The molecule has 5 rings (SSSR count). The van der Waals surface area contributed by atoms with Crippen molar-refractivity contribution >= 4 is 22.7 Å². The molecule has 1 aliphatic rings. The summed E-state index contributed by atoms with van der Waals surface area (Å²) >= 11 is 0. The molecule has 0 bridgehead atoms. The predicted octanol–water partition coefficient (Wildman–Crippen LogP) is 4.11. The Bertz CT molecular complexity index is 1330. The fraction of sp³-hybridized carbons (Fsp3) is 0.308. The molecule has 0 saturated carbocycles. The van der Waals surface area contributed by atoms with Gasteiger partial charge in [0.2, 0.25) is 5.95 Å². The van der Waals surface area contributed by atoms with E-state index in [4.69, 9.17) is 0 Å². The van der Waals surface area contributed by atoms with Gasteiger partial charge in [0.05, 0.1) is 6.54 Å². The number of benzene rings is 1. The summed E-state index contributed by atoms with van der Waals surface area (Å²) in [5.74, 6) is 1.65. The normalized spacial score (nSPS) is 15.0. The highest BCUT2D eigenvalue weighted by atomic mass is 16.1. The van der Waals surface area contributed by atoms with Crippen molar-refractivity contribution in [2.75, 3.05) is 25.0 Å². The molecule has 3 aromatic heterocycles. The molecule has 4 heterocycles. The molecule has 174 valence electrons. The Morgan fingerprint density at radius 1 is 1.12 bits per heavy atom. The molecule has 0 aliphatic carbocycles. The molecular weight excluding hydrogens is 426 g/mol. The summed E-state index contributed by atoms with van der Waals surface area (Å²) in [6.45, 7) is 9.81. The van der Waals surface area contributed by atoms with E-state index in [1.54, 1.807) is 27.8 Å². The number of pyridine rings is 1. The predicted molar refractivity (Wildman–Crippen MR) is 135 cm³/mol. The van der Waals surface area contributed by atoms with Crippen LogP contribution in [-0.2, 0) is 6.54 Å². The van der Waals surface area contributed by atoms with Gasteiger partial charge in [0.25, 0.3) is 5.56 Å². The summed E-state index contributed by atoms with van der Waals surface area (Å²) in [6.07, 6.45) is 7.35. The summed E-state index contributed by atoms with van der Waals surface area (Å²) in [7, 11) is 0. The standard InChI is InChI=1S/C26H29N7O/c1-3-15-32-25(34)22-18-28-26(30-24(22)33(32)23-7-5-6-14-27-23)29-21-10-8-19(9-11-21)20-12-16-31(4-2)17-13-20/h3,5-11,14,18,20H,1,4,12-13,15-17H2,2H3,(H,28,29,30). The molecule has 1 aromatic carbocycles. The van der Waals surface area contributed by atoms with Gasteiger partial charge in [-0.15, -0.1) is 6.58 Å². The number of likely N-dealkylation sites (tertiary alicyclic amines) is 1. The van der Waals surface area contributed by atoms with E-state index in [0.717, 1.165) is 12.2 Å². The van der Waals surface area contributed by atoms with Crippen LogP contribution in [0.1, 0.15) is 31.2 Å². The Balaban J connectivity index is 1.43. The Morgan fingerprint density at radius 3 is 2.59 bits per heavy atom. The molecule has 1 aliphatic heterocycles. The van der Waals surface area contributed by atoms with Gasteiger partial charge < -0.3 is 10.2 Å². The Labute approximate surface area is 198 Å². The van der Waals surface area contributed by atoms with Gasteiger partial charge in [-0.05, 0) is 68.2 Å². The molecule has 0 unspecified atom stereocenters. The number of hydrogen-bond acceptors (Lipinski definition) is 6. The molecule has 0 atom stereocenters. The lowest BCUT2D eigenvalue weighted by Crippen LogP contribution is -2.32. The Morgan fingerprint density at radius 2 is 1.91 bits per heavy atom. The van der Waals surface area contributed by atoms with Crippen LogP contribution >= 0.6 is 0 Å². The summed E-state index contributed by atoms with van der Waals surface area (Å²) < 4.78 is 3.29. The maximum atomic E-state index is 13.0. The number of nitrogens with one attached hydrogen (secondary N) is 1. The highest BCUT2D eigenvalue weighted by Gasteiger charge is 2.20. The van der Waals surface area contributed by atoms with Gasteiger partial charge >= 0.3 is 0 Å². The van der Waals surface area contributed by atoms with Crippen LogP contribution in [0.15, 0.2) is 72.3 Å². The third kappa shape index (κ3) is 4.24. The lowest BCUT2D eigenvalue weighted by Gasteiger charge is -2.31. The first kappa shape index (κ1) is 22.0. The molecular formula is C26H29N7O. The topological polar surface area (TPSA) is 80.9 Å². The molecule has 4 aromatic rings. The Hall–Kier alpha value is -3.78. The van der Waals surface area contributed by atoms with E-state index in [1.165, 1.54) is 31.5 Å². The van der Waals surface area contributed by atoms with Crippen molar-refractivity contribution in [3.8, 4) is 5.82 Å². The second kappa shape index (κ2) is 9.61. The molecule has 8 nitrogen and oxygen atoms in total.